The molecule has 1 saturated carbocycles. The van der Waals surface area contributed by atoms with Crippen molar-refractivity contribution in [2.45, 2.75) is 46.1 Å². The van der Waals surface area contributed by atoms with E-state index in [1.54, 1.807) is 0 Å². The summed E-state index contributed by atoms with van der Waals surface area (Å²) in [5.74, 6) is 0.875. The first-order valence-electron chi connectivity index (χ1n) is 5.45. The van der Waals surface area contributed by atoms with Gasteiger partial charge in [-0.05, 0) is 32.7 Å². The summed E-state index contributed by atoms with van der Waals surface area (Å²) < 4.78 is 0. The molecule has 1 rings (SSSR count). The van der Waals surface area contributed by atoms with Gasteiger partial charge in [0.2, 0.25) is 0 Å². The lowest BCUT2D eigenvalue weighted by molar-refractivity contribution is -0.121. The number of rotatable bonds is 6. The molecular weight excluding hydrogens is 162 g/mol. The van der Waals surface area contributed by atoms with Gasteiger partial charge in [0.25, 0.3) is 0 Å². The zero-order chi connectivity index (χ0) is 9.84. The molecule has 1 aliphatic rings. The van der Waals surface area contributed by atoms with E-state index in [1.165, 1.54) is 0 Å². The van der Waals surface area contributed by atoms with Crippen LogP contribution in [0.5, 0.6) is 0 Å². The van der Waals surface area contributed by atoms with E-state index in [1.807, 2.05) is 0 Å². The van der Waals surface area contributed by atoms with Crippen LogP contribution in [0.15, 0.2) is 0 Å². The Morgan fingerprint density at radius 1 is 1.46 bits per heavy atom. The summed E-state index contributed by atoms with van der Waals surface area (Å²) in [6.07, 6.45) is 3.40. The highest BCUT2D eigenvalue weighted by molar-refractivity contribution is 5.85. The highest BCUT2D eigenvalue weighted by Crippen LogP contribution is 2.30. The molecule has 1 unspecified atom stereocenters. The van der Waals surface area contributed by atoms with Crippen LogP contribution in [-0.4, -0.2) is 29.8 Å². The van der Waals surface area contributed by atoms with E-state index in [0.717, 1.165) is 25.8 Å². The van der Waals surface area contributed by atoms with Crippen LogP contribution < -0.4 is 0 Å². The Morgan fingerprint density at radius 3 is 2.46 bits per heavy atom. The van der Waals surface area contributed by atoms with Crippen LogP contribution in [0.1, 0.15) is 40.0 Å². The summed E-state index contributed by atoms with van der Waals surface area (Å²) >= 11 is 0. The Morgan fingerprint density at radius 2 is 2.08 bits per heavy atom. The molecule has 0 aliphatic heterocycles. The van der Waals surface area contributed by atoms with Crippen LogP contribution in [0.2, 0.25) is 0 Å². The minimum absolute atomic E-state index is 0.415. The minimum Gasteiger partial charge on any atom is -0.298 e. The first-order chi connectivity index (χ1) is 6.19. The van der Waals surface area contributed by atoms with Crippen molar-refractivity contribution >= 4 is 5.78 Å². The Kier molecular flexibility index (Phi) is 3.91. The van der Waals surface area contributed by atoms with Crippen molar-refractivity contribution < 1.29 is 4.79 Å². The average molecular weight is 183 g/mol. The maximum absolute atomic E-state index is 11.6. The molecule has 2 heteroatoms. The van der Waals surface area contributed by atoms with Gasteiger partial charge in [0, 0.05) is 12.0 Å². The molecule has 0 aromatic heterocycles. The van der Waals surface area contributed by atoms with E-state index >= 15 is 0 Å². The molecule has 0 spiro atoms. The summed E-state index contributed by atoms with van der Waals surface area (Å²) in [7, 11) is 0. The van der Waals surface area contributed by atoms with Crippen molar-refractivity contribution in [1.29, 1.82) is 0 Å². The van der Waals surface area contributed by atoms with Crippen molar-refractivity contribution in [3.05, 3.63) is 0 Å². The molecule has 1 fully saturated rings. The SMILES string of the molecule is CCC(C)N(CC)CC(=O)C1CC1. The predicted molar refractivity (Wildman–Crippen MR) is 54.7 cm³/mol. The van der Waals surface area contributed by atoms with Gasteiger partial charge in [-0.25, -0.2) is 0 Å². The maximum atomic E-state index is 11.6. The third kappa shape index (κ3) is 3.11. The van der Waals surface area contributed by atoms with Crippen LogP contribution >= 0.6 is 0 Å². The van der Waals surface area contributed by atoms with E-state index in [4.69, 9.17) is 0 Å². The van der Waals surface area contributed by atoms with E-state index in [0.29, 0.717) is 24.3 Å². The second-order valence-corrected chi connectivity index (χ2v) is 4.06. The molecule has 0 bridgehead atoms. The second kappa shape index (κ2) is 4.75. The van der Waals surface area contributed by atoms with Crippen molar-refractivity contribution in [3.8, 4) is 0 Å². The van der Waals surface area contributed by atoms with Gasteiger partial charge in [-0.3, -0.25) is 9.69 Å². The summed E-state index contributed by atoms with van der Waals surface area (Å²) in [5, 5.41) is 0. The van der Waals surface area contributed by atoms with Crippen molar-refractivity contribution in [2.75, 3.05) is 13.1 Å². The fraction of sp³-hybridized carbons (Fsp3) is 0.909. The molecule has 13 heavy (non-hydrogen) atoms. The minimum atomic E-state index is 0.415. The smallest absolute Gasteiger partial charge is 0.149 e. The number of carbonyl (C=O) groups excluding carboxylic acids is 1. The van der Waals surface area contributed by atoms with Gasteiger partial charge in [-0.1, -0.05) is 13.8 Å². The lowest BCUT2D eigenvalue weighted by Gasteiger charge is -2.25. The summed E-state index contributed by atoms with van der Waals surface area (Å²) in [6.45, 7) is 8.18. The molecule has 0 saturated heterocycles. The Hall–Kier alpha value is -0.370. The zero-order valence-corrected chi connectivity index (χ0v) is 9.05. The molecule has 1 aliphatic carbocycles. The summed E-state index contributed by atoms with van der Waals surface area (Å²) in [4.78, 5) is 13.8. The number of likely N-dealkylation sites (N-methyl/N-ethyl adjacent to an activating group) is 1. The van der Waals surface area contributed by atoms with Crippen LogP contribution in [0, 0.1) is 5.92 Å². The molecule has 76 valence electrons. The topological polar surface area (TPSA) is 20.3 Å². The Labute approximate surface area is 81.3 Å². The van der Waals surface area contributed by atoms with Gasteiger partial charge in [0.15, 0.2) is 0 Å². The maximum Gasteiger partial charge on any atom is 0.149 e. The van der Waals surface area contributed by atoms with Crippen LogP contribution in [0.25, 0.3) is 0 Å². The molecule has 0 amide bonds. The summed E-state index contributed by atoms with van der Waals surface area (Å²) in [6, 6.07) is 0.549. The van der Waals surface area contributed by atoms with Gasteiger partial charge in [0.05, 0.1) is 6.54 Å². The Bertz CT molecular complexity index is 175. The lowest BCUT2D eigenvalue weighted by Crippen LogP contribution is -2.37. The van der Waals surface area contributed by atoms with Crippen molar-refractivity contribution in [1.82, 2.24) is 4.90 Å². The van der Waals surface area contributed by atoms with Crippen LogP contribution in [0.3, 0.4) is 0 Å². The van der Waals surface area contributed by atoms with E-state index in [9.17, 15) is 4.79 Å². The lowest BCUT2D eigenvalue weighted by atomic mass is 10.2. The number of carbonyl (C=O) groups is 1. The molecule has 0 aromatic rings. The standard InChI is InChI=1S/C11H21NO/c1-4-9(3)12(5-2)8-11(13)10-6-7-10/h9-10H,4-8H2,1-3H3. The monoisotopic (exact) mass is 183 g/mol. The van der Waals surface area contributed by atoms with E-state index in [-0.39, 0.29) is 0 Å². The third-order valence-electron chi connectivity index (χ3n) is 3.01. The zero-order valence-electron chi connectivity index (χ0n) is 9.05. The van der Waals surface area contributed by atoms with Crippen LogP contribution in [-0.2, 0) is 4.79 Å². The summed E-state index contributed by atoms with van der Waals surface area (Å²) in [5.41, 5.74) is 0. The molecular formula is C11H21NO. The fourth-order valence-electron chi connectivity index (χ4n) is 1.57. The Balaban J connectivity index is 2.33. The fourth-order valence-corrected chi connectivity index (χ4v) is 1.57. The molecule has 0 aromatic carbocycles. The molecule has 1 atom stereocenters. The van der Waals surface area contributed by atoms with E-state index in [2.05, 4.69) is 25.7 Å². The van der Waals surface area contributed by atoms with Gasteiger partial charge in [-0.2, -0.15) is 0 Å². The first kappa shape index (κ1) is 10.7. The first-order valence-corrected chi connectivity index (χ1v) is 5.45. The van der Waals surface area contributed by atoms with Crippen LogP contribution in [0.4, 0.5) is 0 Å². The number of ketones is 1. The molecule has 0 heterocycles. The largest absolute Gasteiger partial charge is 0.298 e. The van der Waals surface area contributed by atoms with Gasteiger partial charge >= 0.3 is 0 Å². The predicted octanol–water partition coefficient (Wildman–Crippen LogP) is 2.09. The van der Waals surface area contributed by atoms with Gasteiger partial charge in [-0.15, -0.1) is 0 Å². The number of hydrogen-bond donors (Lipinski definition) is 0. The number of nitrogens with zero attached hydrogens (tertiary/aromatic N) is 1. The normalized spacial score (nSPS) is 19.1. The molecule has 2 nitrogen and oxygen atoms in total. The van der Waals surface area contributed by atoms with Gasteiger partial charge in [0.1, 0.15) is 5.78 Å². The highest BCUT2D eigenvalue weighted by atomic mass is 16.1. The van der Waals surface area contributed by atoms with Crippen molar-refractivity contribution in [3.63, 3.8) is 0 Å². The van der Waals surface area contributed by atoms with Crippen molar-refractivity contribution in [2.24, 2.45) is 5.92 Å². The molecule has 0 radical (unpaired) electrons. The average Bonchev–Trinajstić information content (AvgIpc) is 2.95. The molecule has 0 N–H and O–H groups in total. The number of Topliss-reactive ketones (excluding diaryl/α,β-unsaturated/α-hetero) is 1. The number of hydrogen-bond acceptors (Lipinski definition) is 2. The second-order valence-electron chi connectivity index (χ2n) is 4.06. The highest BCUT2D eigenvalue weighted by Gasteiger charge is 2.30. The van der Waals surface area contributed by atoms with Gasteiger partial charge < -0.3 is 0 Å². The van der Waals surface area contributed by atoms with E-state index < -0.39 is 0 Å². The quantitative estimate of drug-likeness (QED) is 0.628. The third-order valence-corrected chi connectivity index (χ3v) is 3.01.